The van der Waals surface area contributed by atoms with Crippen molar-refractivity contribution < 1.29 is 0 Å². The Balaban J connectivity index is 2.02. The number of hydrogen-bond donors (Lipinski definition) is 1. The number of nitrogens with zero attached hydrogens (tertiary/aromatic N) is 1. The van der Waals surface area contributed by atoms with Gasteiger partial charge in [-0.25, -0.2) is 0 Å². The van der Waals surface area contributed by atoms with Crippen LogP contribution in [0.15, 0.2) is 24.3 Å². The van der Waals surface area contributed by atoms with Crippen molar-refractivity contribution in [3.05, 3.63) is 35.4 Å². The molecule has 0 saturated carbocycles. The van der Waals surface area contributed by atoms with E-state index in [1.165, 1.54) is 37.1 Å². The Kier molecular flexibility index (Phi) is 4.79. The highest BCUT2D eigenvalue weighted by Gasteiger charge is 2.21. The van der Waals surface area contributed by atoms with Gasteiger partial charge in [-0.1, -0.05) is 36.8 Å². The van der Waals surface area contributed by atoms with Gasteiger partial charge in [0.05, 0.1) is 0 Å². The molecule has 2 nitrogen and oxygen atoms in total. The molecule has 0 bridgehead atoms. The van der Waals surface area contributed by atoms with E-state index in [-0.39, 0.29) is 0 Å². The molecule has 0 aromatic heterocycles. The summed E-state index contributed by atoms with van der Waals surface area (Å²) in [5.74, 6) is 0. The summed E-state index contributed by atoms with van der Waals surface area (Å²) in [7, 11) is 0. The third-order valence-electron chi connectivity index (χ3n) is 4.10. The molecule has 1 aliphatic rings. The zero-order valence-corrected chi connectivity index (χ0v) is 11.9. The number of aryl methyl sites for hydroxylation is 1. The van der Waals surface area contributed by atoms with Gasteiger partial charge in [-0.3, -0.25) is 4.90 Å². The van der Waals surface area contributed by atoms with E-state index in [1.54, 1.807) is 0 Å². The van der Waals surface area contributed by atoms with E-state index in [0.29, 0.717) is 12.1 Å². The second kappa shape index (κ2) is 6.35. The zero-order valence-electron chi connectivity index (χ0n) is 11.9. The fraction of sp³-hybridized carbons (Fsp3) is 0.625. The highest BCUT2D eigenvalue weighted by Crippen LogP contribution is 2.22. The third kappa shape index (κ3) is 3.33. The van der Waals surface area contributed by atoms with Gasteiger partial charge in [0.2, 0.25) is 0 Å². The van der Waals surface area contributed by atoms with E-state index in [0.717, 1.165) is 6.54 Å². The predicted octanol–water partition coefficient (Wildman–Crippen LogP) is 3.13. The lowest BCUT2D eigenvalue weighted by molar-refractivity contribution is 0.202. The van der Waals surface area contributed by atoms with Crippen LogP contribution in [0.5, 0.6) is 0 Å². The van der Waals surface area contributed by atoms with Gasteiger partial charge >= 0.3 is 0 Å². The fourth-order valence-electron chi connectivity index (χ4n) is 2.90. The van der Waals surface area contributed by atoms with Crippen LogP contribution in [-0.4, -0.2) is 30.6 Å². The first-order chi connectivity index (χ1) is 8.70. The van der Waals surface area contributed by atoms with Crippen molar-refractivity contribution in [3.63, 3.8) is 0 Å². The summed E-state index contributed by atoms with van der Waals surface area (Å²) >= 11 is 0. The minimum Gasteiger partial charge on any atom is -0.313 e. The van der Waals surface area contributed by atoms with E-state index >= 15 is 0 Å². The molecule has 1 aromatic rings. The van der Waals surface area contributed by atoms with Crippen molar-refractivity contribution in [1.82, 2.24) is 10.2 Å². The molecule has 18 heavy (non-hydrogen) atoms. The van der Waals surface area contributed by atoms with Crippen LogP contribution in [0.2, 0.25) is 0 Å². The van der Waals surface area contributed by atoms with Crippen LogP contribution < -0.4 is 5.32 Å². The maximum atomic E-state index is 3.60. The second-order valence-electron chi connectivity index (χ2n) is 5.47. The van der Waals surface area contributed by atoms with E-state index in [9.17, 15) is 0 Å². The minimum atomic E-state index is 0.511. The Morgan fingerprint density at radius 1 is 1.44 bits per heavy atom. The lowest BCUT2D eigenvalue weighted by atomic mass is 10.0. The van der Waals surface area contributed by atoms with Gasteiger partial charge in [0.15, 0.2) is 0 Å². The summed E-state index contributed by atoms with van der Waals surface area (Å²) in [4.78, 5) is 2.58. The van der Waals surface area contributed by atoms with E-state index in [4.69, 9.17) is 0 Å². The van der Waals surface area contributed by atoms with Gasteiger partial charge in [0, 0.05) is 18.6 Å². The Morgan fingerprint density at radius 2 is 2.28 bits per heavy atom. The third-order valence-corrected chi connectivity index (χ3v) is 4.10. The number of hydrogen-bond acceptors (Lipinski definition) is 2. The normalized spacial score (nSPS) is 21.4. The van der Waals surface area contributed by atoms with Crippen molar-refractivity contribution in [2.45, 2.75) is 45.7 Å². The molecular formula is C16H26N2. The monoisotopic (exact) mass is 246 g/mol. The summed E-state index contributed by atoms with van der Waals surface area (Å²) in [5.41, 5.74) is 2.80. The topological polar surface area (TPSA) is 15.3 Å². The summed E-state index contributed by atoms with van der Waals surface area (Å²) in [6.07, 6.45) is 2.66. The van der Waals surface area contributed by atoms with Crippen LogP contribution in [-0.2, 0) is 0 Å². The SMILES string of the molecule is CCN(CC1CCCN1)C(C)c1cccc(C)c1. The minimum absolute atomic E-state index is 0.511. The average molecular weight is 246 g/mol. The largest absolute Gasteiger partial charge is 0.313 e. The molecule has 0 aliphatic carbocycles. The van der Waals surface area contributed by atoms with Gasteiger partial charge in [0.25, 0.3) is 0 Å². The van der Waals surface area contributed by atoms with E-state index < -0.39 is 0 Å². The Bertz CT molecular complexity index is 369. The van der Waals surface area contributed by atoms with Crippen LogP contribution in [0.25, 0.3) is 0 Å². The lowest BCUT2D eigenvalue weighted by Gasteiger charge is -2.30. The summed E-state index contributed by atoms with van der Waals surface area (Å²) in [5, 5.41) is 3.60. The predicted molar refractivity (Wildman–Crippen MR) is 77.9 cm³/mol. The van der Waals surface area contributed by atoms with Gasteiger partial charge < -0.3 is 5.32 Å². The smallest absolute Gasteiger partial charge is 0.0320 e. The first-order valence-corrected chi connectivity index (χ1v) is 7.24. The fourth-order valence-corrected chi connectivity index (χ4v) is 2.90. The summed E-state index contributed by atoms with van der Waals surface area (Å²) in [6.45, 7) is 10.2. The van der Waals surface area contributed by atoms with Crippen molar-refractivity contribution in [3.8, 4) is 0 Å². The van der Waals surface area contributed by atoms with Crippen molar-refractivity contribution >= 4 is 0 Å². The van der Waals surface area contributed by atoms with Crippen molar-refractivity contribution in [1.29, 1.82) is 0 Å². The van der Waals surface area contributed by atoms with Crippen LogP contribution in [0, 0.1) is 6.92 Å². The second-order valence-corrected chi connectivity index (χ2v) is 5.47. The average Bonchev–Trinajstić information content (AvgIpc) is 2.88. The molecule has 1 saturated heterocycles. The van der Waals surface area contributed by atoms with Gasteiger partial charge in [0.1, 0.15) is 0 Å². The molecule has 1 fully saturated rings. The first-order valence-electron chi connectivity index (χ1n) is 7.24. The van der Waals surface area contributed by atoms with E-state index in [1.807, 2.05) is 0 Å². The molecule has 1 aliphatic heterocycles. The number of likely N-dealkylation sites (N-methyl/N-ethyl adjacent to an activating group) is 1. The molecule has 1 heterocycles. The van der Waals surface area contributed by atoms with Crippen LogP contribution in [0.1, 0.15) is 43.9 Å². The Labute approximate surface area is 111 Å². The van der Waals surface area contributed by atoms with Crippen LogP contribution in [0.3, 0.4) is 0 Å². The van der Waals surface area contributed by atoms with Crippen molar-refractivity contribution in [2.24, 2.45) is 0 Å². The molecule has 0 spiro atoms. The van der Waals surface area contributed by atoms with Crippen molar-refractivity contribution in [2.75, 3.05) is 19.6 Å². The molecule has 2 rings (SSSR count). The zero-order chi connectivity index (χ0) is 13.0. The summed E-state index contributed by atoms with van der Waals surface area (Å²) < 4.78 is 0. The van der Waals surface area contributed by atoms with Gasteiger partial charge in [-0.05, 0) is 45.3 Å². The molecule has 1 aromatic carbocycles. The molecule has 2 atom stereocenters. The Hall–Kier alpha value is -0.860. The highest BCUT2D eigenvalue weighted by molar-refractivity contribution is 5.24. The standard InChI is InChI=1S/C16H26N2/c1-4-18(12-16-9-6-10-17-16)14(3)15-8-5-7-13(2)11-15/h5,7-8,11,14,16-17H,4,6,9-10,12H2,1-3H3. The molecule has 1 N–H and O–H groups in total. The number of rotatable bonds is 5. The summed E-state index contributed by atoms with van der Waals surface area (Å²) in [6, 6.07) is 10.1. The van der Waals surface area contributed by atoms with Gasteiger partial charge in [-0.2, -0.15) is 0 Å². The maximum Gasteiger partial charge on any atom is 0.0320 e. The highest BCUT2D eigenvalue weighted by atomic mass is 15.2. The molecule has 100 valence electrons. The molecule has 0 amide bonds. The molecule has 0 radical (unpaired) electrons. The van der Waals surface area contributed by atoms with E-state index in [2.05, 4.69) is 55.3 Å². The van der Waals surface area contributed by atoms with Gasteiger partial charge in [-0.15, -0.1) is 0 Å². The number of benzene rings is 1. The number of nitrogens with one attached hydrogen (secondary N) is 1. The first kappa shape index (κ1) is 13.6. The molecular weight excluding hydrogens is 220 g/mol. The maximum absolute atomic E-state index is 3.60. The molecule has 2 unspecified atom stereocenters. The Morgan fingerprint density at radius 3 is 2.89 bits per heavy atom. The van der Waals surface area contributed by atoms with Crippen LogP contribution >= 0.6 is 0 Å². The quantitative estimate of drug-likeness (QED) is 0.858. The lowest BCUT2D eigenvalue weighted by Crippen LogP contribution is -2.38. The van der Waals surface area contributed by atoms with Crippen LogP contribution in [0.4, 0.5) is 0 Å². The molecule has 2 heteroatoms.